The molecule has 3 aliphatic rings. The molecular weight excluding hydrogens is 336 g/mol. The summed E-state index contributed by atoms with van der Waals surface area (Å²) in [5.41, 5.74) is -0.717. The molecule has 1 aliphatic heterocycles. The Kier molecular flexibility index (Phi) is 3.65. The van der Waals surface area contributed by atoms with Gasteiger partial charge >= 0.3 is 11.9 Å². The molecule has 1 spiro atoms. The Morgan fingerprint density at radius 2 is 2.08 bits per heavy atom. The van der Waals surface area contributed by atoms with E-state index < -0.39 is 34.8 Å². The SMILES string of the molecule is CC1=CC(=O)[C@@H]2[C@@]3(CCC[C@@]2(C)C(=O)O)C(=O)O[C@@H](c2ccoc2)C[C@@H]13. The summed E-state index contributed by atoms with van der Waals surface area (Å²) in [6.07, 6.45) is 6.19. The Morgan fingerprint density at radius 1 is 1.31 bits per heavy atom. The van der Waals surface area contributed by atoms with E-state index in [9.17, 15) is 19.5 Å². The Balaban J connectivity index is 1.84. The molecule has 138 valence electrons. The summed E-state index contributed by atoms with van der Waals surface area (Å²) in [5.74, 6) is -2.82. The van der Waals surface area contributed by atoms with Gasteiger partial charge in [0, 0.05) is 11.5 Å². The summed E-state index contributed by atoms with van der Waals surface area (Å²) in [6.45, 7) is 3.46. The van der Waals surface area contributed by atoms with Gasteiger partial charge in [-0.15, -0.1) is 0 Å². The van der Waals surface area contributed by atoms with Gasteiger partial charge in [0.15, 0.2) is 5.78 Å². The summed E-state index contributed by atoms with van der Waals surface area (Å²) >= 11 is 0. The molecule has 1 saturated heterocycles. The highest BCUT2D eigenvalue weighted by atomic mass is 16.5. The third kappa shape index (κ3) is 2.07. The van der Waals surface area contributed by atoms with Gasteiger partial charge in [0.1, 0.15) is 6.10 Å². The van der Waals surface area contributed by atoms with Gasteiger partial charge in [-0.05, 0) is 45.3 Å². The van der Waals surface area contributed by atoms with Crippen LogP contribution in [0.2, 0.25) is 0 Å². The fourth-order valence-electron chi connectivity index (χ4n) is 5.52. The predicted molar refractivity (Wildman–Crippen MR) is 89.9 cm³/mol. The summed E-state index contributed by atoms with van der Waals surface area (Å²) in [5, 5.41) is 9.86. The average molecular weight is 358 g/mol. The standard InChI is InChI=1S/C20H22O6/c1-11-8-14(21)16-19(2,17(22)23)5-3-6-20(16)13(11)9-15(26-18(20)24)12-4-7-25-10-12/h4,7-8,10,13,15-16H,3,5-6,9H2,1-2H3,(H,22,23)/t13-,15+,16-,19+,20-/m0/s1. The second-order valence-electron chi connectivity index (χ2n) is 8.08. The molecular formula is C20H22O6. The Labute approximate surface area is 151 Å². The van der Waals surface area contributed by atoms with Crippen LogP contribution in [0.4, 0.5) is 0 Å². The molecule has 1 saturated carbocycles. The van der Waals surface area contributed by atoms with Crippen LogP contribution in [0.1, 0.15) is 51.2 Å². The van der Waals surface area contributed by atoms with Crippen molar-refractivity contribution in [3.63, 3.8) is 0 Å². The lowest BCUT2D eigenvalue weighted by atomic mass is 9.46. The van der Waals surface area contributed by atoms with Crippen LogP contribution in [0.5, 0.6) is 0 Å². The summed E-state index contributed by atoms with van der Waals surface area (Å²) in [4.78, 5) is 38.2. The first-order chi connectivity index (χ1) is 12.3. The van der Waals surface area contributed by atoms with E-state index >= 15 is 0 Å². The predicted octanol–water partition coefficient (Wildman–Crippen LogP) is 3.29. The molecule has 1 N–H and O–H groups in total. The number of carbonyl (C=O) groups is 3. The number of furan rings is 1. The quantitative estimate of drug-likeness (QED) is 0.815. The number of carbonyl (C=O) groups excluding carboxylic acids is 2. The third-order valence-electron chi connectivity index (χ3n) is 6.75. The molecule has 6 heteroatoms. The number of aliphatic carboxylic acids is 1. The van der Waals surface area contributed by atoms with Gasteiger partial charge in [0.25, 0.3) is 0 Å². The topological polar surface area (TPSA) is 93.8 Å². The van der Waals surface area contributed by atoms with Gasteiger partial charge in [-0.2, -0.15) is 0 Å². The summed E-state index contributed by atoms with van der Waals surface area (Å²) in [7, 11) is 0. The highest BCUT2D eigenvalue weighted by Crippen LogP contribution is 2.63. The molecule has 5 atom stereocenters. The van der Waals surface area contributed by atoms with Crippen molar-refractivity contribution in [3.8, 4) is 0 Å². The fraction of sp³-hybridized carbons (Fsp3) is 0.550. The van der Waals surface area contributed by atoms with Crippen LogP contribution in [0.15, 0.2) is 34.7 Å². The van der Waals surface area contributed by atoms with E-state index in [4.69, 9.17) is 9.15 Å². The summed E-state index contributed by atoms with van der Waals surface area (Å²) < 4.78 is 10.9. The normalized spacial score (nSPS) is 39.5. The number of carboxylic acids is 1. The van der Waals surface area contributed by atoms with E-state index in [1.54, 1.807) is 25.3 Å². The highest BCUT2D eigenvalue weighted by Gasteiger charge is 2.68. The highest BCUT2D eigenvalue weighted by molar-refractivity contribution is 6.02. The van der Waals surface area contributed by atoms with Crippen LogP contribution in [-0.4, -0.2) is 22.8 Å². The monoisotopic (exact) mass is 358 g/mol. The van der Waals surface area contributed by atoms with Gasteiger partial charge in [-0.3, -0.25) is 14.4 Å². The third-order valence-corrected chi connectivity index (χ3v) is 6.75. The number of ether oxygens (including phenoxy) is 1. The lowest BCUT2D eigenvalue weighted by Crippen LogP contribution is -2.62. The molecule has 2 fully saturated rings. The maximum absolute atomic E-state index is 13.3. The van der Waals surface area contributed by atoms with Crippen LogP contribution in [0.3, 0.4) is 0 Å². The Bertz CT molecular complexity index is 806. The zero-order valence-electron chi connectivity index (χ0n) is 14.9. The van der Waals surface area contributed by atoms with Crippen molar-refractivity contribution in [1.29, 1.82) is 0 Å². The molecule has 6 nitrogen and oxygen atoms in total. The lowest BCUT2D eigenvalue weighted by molar-refractivity contribution is -0.201. The van der Waals surface area contributed by atoms with Gasteiger partial charge in [0.05, 0.1) is 29.3 Å². The maximum Gasteiger partial charge on any atom is 0.314 e. The smallest absolute Gasteiger partial charge is 0.314 e. The molecule has 2 aliphatic carbocycles. The summed E-state index contributed by atoms with van der Waals surface area (Å²) in [6, 6.07) is 1.77. The number of carboxylic acid groups (broad SMARTS) is 1. The minimum atomic E-state index is -1.26. The number of hydrogen-bond donors (Lipinski definition) is 1. The van der Waals surface area contributed by atoms with Crippen LogP contribution in [0.25, 0.3) is 0 Å². The minimum absolute atomic E-state index is 0.203. The van der Waals surface area contributed by atoms with E-state index in [1.807, 2.05) is 6.92 Å². The minimum Gasteiger partial charge on any atom is -0.481 e. The van der Waals surface area contributed by atoms with E-state index in [0.717, 1.165) is 11.1 Å². The molecule has 26 heavy (non-hydrogen) atoms. The maximum atomic E-state index is 13.3. The molecule has 1 aromatic heterocycles. The van der Waals surface area contributed by atoms with E-state index in [-0.39, 0.29) is 11.7 Å². The first-order valence-corrected chi connectivity index (χ1v) is 8.99. The van der Waals surface area contributed by atoms with Crippen molar-refractivity contribution in [2.75, 3.05) is 0 Å². The van der Waals surface area contributed by atoms with Crippen molar-refractivity contribution >= 4 is 17.7 Å². The second kappa shape index (κ2) is 5.56. The molecule has 2 heterocycles. The van der Waals surface area contributed by atoms with Gasteiger partial charge < -0.3 is 14.3 Å². The van der Waals surface area contributed by atoms with Crippen LogP contribution < -0.4 is 0 Å². The first-order valence-electron chi connectivity index (χ1n) is 8.99. The number of cyclic esters (lactones) is 1. The van der Waals surface area contributed by atoms with Gasteiger partial charge in [-0.25, -0.2) is 0 Å². The molecule has 0 aromatic carbocycles. The van der Waals surface area contributed by atoms with Gasteiger partial charge in [-0.1, -0.05) is 12.0 Å². The van der Waals surface area contributed by atoms with Crippen LogP contribution >= 0.6 is 0 Å². The first kappa shape index (κ1) is 17.1. The molecule has 4 rings (SSSR count). The lowest BCUT2D eigenvalue weighted by Gasteiger charge is -2.56. The molecule has 0 amide bonds. The van der Waals surface area contributed by atoms with Crippen molar-refractivity contribution in [2.24, 2.45) is 22.7 Å². The largest absolute Gasteiger partial charge is 0.481 e. The second-order valence-corrected chi connectivity index (χ2v) is 8.08. The molecule has 0 radical (unpaired) electrons. The fourth-order valence-corrected chi connectivity index (χ4v) is 5.52. The number of hydrogen-bond acceptors (Lipinski definition) is 5. The van der Waals surface area contributed by atoms with Gasteiger partial charge in [0.2, 0.25) is 0 Å². The van der Waals surface area contributed by atoms with Crippen molar-refractivity contribution in [3.05, 3.63) is 35.8 Å². The van der Waals surface area contributed by atoms with Crippen molar-refractivity contribution in [2.45, 2.75) is 45.6 Å². The molecule has 0 unspecified atom stereocenters. The Hall–Kier alpha value is -2.37. The van der Waals surface area contributed by atoms with E-state index in [0.29, 0.717) is 25.7 Å². The number of esters is 1. The number of ketones is 1. The molecule has 1 aromatic rings. The zero-order valence-corrected chi connectivity index (χ0v) is 14.9. The van der Waals surface area contributed by atoms with Crippen molar-refractivity contribution < 1.29 is 28.6 Å². The van der Waals surface area contributed by atoms with E-state index in [1.165, 1.54) is 6.26 Å². The number of rotatable bonds is 2. The Morgan fingerprint density at radius 3 is 2.73 bits per heavy atom. The van der Waals surface area contributed by atoms with Crippen LogP contribution in [0, 0.1) is 22.7 Å². The number of allylic oxidation sites excluding steroid dienone is 2. The van der Waals surface area contributed by atoms with Crippen LogP contribution in [-0.2, 0) is 19.1 Å². The van der Waals surface area contributed by atoms with Crippen molar-refractivity contribution in [1.82, 2.24) is 0 Å². The zero-order chi connectivity index (χ0) is 18.7. The average Bonchev–Trinajstić information content (AvgIpc) is 3.10. The van der Waals surface area contributed by atoms with E-state index in [2.05, 4.69) is 0 Å². The molecule has 0 bridgehead atoms.